The Morgan fingerprint density at radius 1 is 1.04 bits per heavy atom. The Bertz CT molecular complexity index is 905. The normalized spacial score (nSPS) is 20.7. The van der Waals surface area contributed by atoms with E-state index in [-0.39, 0.29) is 5.92 Å². The third-order valence-electron chi connectivity index (χ3n) is 4.53. The maximum absolute atomic E-state index is 12.5. The quantitative estimate of drug-likeness (QED) is 0.743. The molecule has 0 aromatic heterocycles. The smallest absolute Gasteiger partial charge is 0.234 e. The fourth-order valence-corrected chi connectivity index (χ4v) is 4.45. The van der Waals surface area contributed by atoms with Gasteiger partial charge in [-0.15, -0.1) is 0 Å². The molecule has 1 aliphatic rings. The van der Waals surface area contributed by atoms with Gasteiger partial charge in [0.25, 0.3) is 0 Å². The topological polar surface area (TPSA) is 46.6 Å². The Hall–Kier alpha value is -2.37. The van der Waals surface area contributed by atoms with E-state index in [1.165, 1.54) is 10.6 Å². The first-order chi connectivity index (χ1) is 13.0. The molecule has 142 valence electrons. The maximum atomic E-state index is 12.5. The molecule has 4 nitrogen and oxygen atoms in total. The minimum Gasteiger partial charge on any atom is -0.358 e. The highest BCUT2D eigenvalue weighted by atomic mass is 32.2. The van der Waals surface area contributed by atoms with E-state index >= 15 is 0 Å². The molecule has 1 heterocycles. The fraction of sp³-hybridized carbons (Fsp3) is 0.273. The molecule has 3 rings (SSSR count). The van der Waals surface area contributed by atoms with Crippen molar-refractivity contribution in [2.24, 2.45) is 0 Å². The van der Waals surface area contributed by atoms with Gasteiger partial charge in [-0.2, -0.15) is 0 Å². The average Bonchev–Trinajstić information content (AvgIpc) is 2.67. The van der Waals surface area contributed by atoms with E-state index in [1.54, 1.807) is 0 Å². The van der Waals surface area contributed by atoms with Crippen molar-refractivity contribution in [1.82, 2.24) is 4.31 Å². The molecule has 0 fully saturated rings. The van der Waals surface area contributed by atoms with E-state index in [4.69, 9.17) is 4.74 Å². The third-order valence-corrected chi connectivity index (χ3v) is 5.69. The van der Waals surface area contributed by atoms with E-state index in [1.807, 2.05) is 73.7 Å². The minimum atomic E-state index is -3.47. The van der Waals surface area contributed by atoms with Crippen LogP contribution in [0.2, 0.25) is 0 Å². The monoisotopic (exact) mass is 383 g/mol. The number of hydrogen-bond donors (Lipinski definition) is 0. The molecule has 0 bridgehead atoms. The number of rotatable bonds is 6. The van der Waals surface area contributed by atoms with Crippen LogP contribution in [0, 0.1) is 0 Å². The van der Waals surface area contributed by atoms with E-state index < -0.39 is 16.3 Å². The summed E-state index contributed by atoms with van der Waals surface area (Å²) < 4.78 is 32.2. The third kappa shape index (κ3) is 4.87. The number of sulfonamides is 1. The van der Waals surface area contributed by atoms with Crippen LogP contribution in [0.5, 0.6) is 0 Å². The van der Waals surface area contributed by atoms with Crippen LogP contribution in [0.25, 0.3) is 6.08 Å². The molecule has 1 aliphatic heterocycles. The SMILES string of the molecule is CCO[C@@H]1C[C@H](c2ccccc2)C=C(/C=C\c2ccccc2)N1S(C)(=O)=O. The number of hydrogen-bond acceptors (Lipinski definition) is 3. The summed E-state index contributed by atoms with van der Waals surface area (Å²) in [7, 11) is -3.47. The molecule has 0 unspecified atom stereocenters. The Balaban J connectivity index is 2.03. The standard InChI is InChI=1S/C22H25NO3S/c1-3-26-22-17-20(19-12-8-5-9-13-19)16-21(23(22)27(2,24)25)15-14-18-10-6-4-7-11-18/h4-16,20,22H,3,17H2,1-2H3/b15-14-/t20-,22-/m1/s1. The molecule has 5 heteroatoms. The second kappa shape index (κ2) is 8.55. The summed E-state index contributed by atoms with van der Waals surface area (Å²) in [6.07, 6.45) is 7.11. The summed E-state index contributed by atoms with van der Waals surface area (Å²) in [5.41, 5.74) is 2.81. The van der Waals surface area contributed by atoms with Crippen LogP contribution in [-0.4, -0.2) is 31.8 Å². The van der Waals surface area contributed by atoms with E-state index in [0.29, 0.717) is 18.7 Å². The summed E-state index contributed by atoms with van der Waals surface area (Å²) >= 11 is 0. The summed E-state index contributed by atoms with van der Waals surface area (Å²) in [4.78, 5) is 0. The lowest BCUT2D eigenvalue weighted by Gasteiger charge is -2.38. The summed E-state index contributed by atoms with van der Waals surface area (Å²) in [6.45, 7) is 2.34. The van der Waals surface area contributed by atoms with Crippen LogP contribution in [0.3, 0.4) is 0 Å². The van der Waals surface area contributed by atoms with E-state index in [9.17, 15) is 8.42 Å². The molecule has 0 radical (unpaired) electrons. The van der Waals surface area contributed by atoms with Crippen LogP contribution in [0.15, 0.2) is 78.5 Å². The highest BCUT2D eigenvalue weighted by Gasteiger charge is 2.34. The lowest BCUT2D eigenvalue weighted by Crippen LogP contribution is -2.43. The fourth-order valence-electron chi connectivity index (χ4n) is 3.37. The highest BCUT2D eigenvalue weighted by molar-refractivity contribution is 7.88. The van der Waals surface area contributed by atoms with Crippen molar-refractivity contribution in [1.29, 1.82) is 0 Å². The molecule has 0 N–H and O–H groups in total. The number of benzene rings is 2. The van der Waals surface area contributed by atoms with Gasteiger partial charge in [0.2, 0.25) is 10.0 Å². The van der Waals surface area contributed by atoms with Crippen molar-refractivity contribution in [3.05, 3.63) is 89.6 Å². The Kier molecular flexibility index (Phi) is 6.14. The Labute approximate surface area is 161 Å². The van der Waals surface area contributed by atoms with Gasteiger partial charge < -0.3 is 4.74 Å². The van der Waals surface area contributed by atoms with Crippen LogP contribution < -0.4 is 0 Å². The van der Waals surface area contributed by atoms with Crippen molar-refractivity contribution >= 4 is 16.1 Å². The zero-order valence-corrected chi connectivity index (χ0v) is 16.5. The summed E-state index contributed by atoms with van der Waals surface area (Å²) in [6, 6.07) is 20.0. The average molecular weight is 384 g/mol. The second-order valence-electron chi connectivity index (χ2n) is 6.56. The van der Waals surface area contributed by atoms with E-state index in [2.05, 4.69) is 12.1 Å². The van der Waals surface area contributed by atoms with Crippen LogP contribution >= 0.6 is 0 Å². The predicted octanol–water partition coefficient (Wildman–Crippen LogP) is 4.40. The maximum Gasteiger partial charge on any atom is 0.234 e. The summed E-state index contributed by atoms with van der Waals surface area (Å²) in [5.74, 6) is 0.0937. The highest BCUT2D eigenvalue weighted by Crippen LogP contribution is 2.35. The molecule has 0 saturated carbocycles. The van der Waals surface area contributed by atoms with Crippen molar-refractivity contribution in [2.45, 2.75) is 25.5 Å². The van der Waals surface area contributed by atoms with Crippen LogP contribution in [0.1, 0.15) is 30.4 Å². The molecule has 2 aromatic carbocycles. The van der Waals surface area contributed by atoms with Gasteiger partial charge in [-0.3, -0.25) is 0 Å². The van der Waals surface area contributed by atoms with Crippen molar-refractivity contribution in [2.75, 3.05) is 12.9 Å². The minimum absolute atomic E-state index is 0.0937. The first-order valence-electron chi connectivity index (χ1n) is 9.10. The molecule has 2 aromatic rings. The molecule has 0 saturated heterocycles. The van der Waals surface area contributed by atoms with Gasteiger partial charge in [0.15, 0.2) is 0 Å². The molecular weight excluding hydrogens is 358 g/mol. The van der Waals surface area contributed by atoms with Crippen LogP contribution in [-0.2, 0) is 14.8 Å². The van der Waals surface area contributed by atoms with Crippen molar-refractivity contribution in [3.8, 4) is 0 Å². The van der Waals surface area contributed by atoms with Gasteiger partial charge in [-0.05, 0) is 24.1 Å². The Morgan fingerprint density at radius 2 is 1.67 bits per heavy atom. The molecular formula is C22H25NO3S. The zero-order chi connectivity index (χ0) is 19.3. The van der Waals surface area contributed by atoms with Gasteiger partial charge in [-0.25, -0.2) is 12.7 Å². The number of ether oxygens (including phenoxy) is 1. The van der Waals surface area contributed by atoms with Gasteiger partial charge in [-0.1, -0.05) is 72.8 Å². The van der Waals surface area contributed by atoms with Gasteiger partial charge in [0, 0.05) is 18.9 Å². The number of allylic oxidation sites excluding steroid dienone is 2. The summed E-state index contributed by atoms with van der Waals surface area (Å²) in [5, 5.41) is 0. The first kappa shape index (κ1) is 19.4. The van der Waals surface area contributed by atoms with Crippen molar-refractivity contribution < 1.29 is 13.2 Å². The van der Waals surface area contributed by atoms with E-state index in [0.717, 1.165) is 11.1 Å². The van der Waals surface area contributed by atoms with Gasteiger partial charge in [0.1, 0.15) is 6.23 Å². The van der Waals surface area contributed by atoms with Crippen LogP contribution in [0.4, 0.5) is 0 Å². The Morgan fingerprint density at radius 3 is 2.26 bits per heavy atom. The van der Waals surface area contributed by atoms with Gasteiger partial charge in [0.05, 0.1) is 12.0 Å². The lowest BCUT2D eigenvalue weighted by atomic mass is 9.91. The molecule has 0 amide bonds. The van der Waals surface area contributed by atoms with Crippen molar-refractivity contribution in [3.63, 3.8) is 0 Å². The zero-order valence-electron chi connectivity index (χ0n) is 15.7. The number of nitrogens with zero attached hydrogens (tertiary/aromatic N) is 1. The lowest BCUT2D eigenvalue weighted by molar-refractivity contribution is -0.0112. The molecule has 2 atom stereocenters. The first-order valence-corrected chi connectivity index (χ1v) is 10.9. The predicted molar refractivity (Wildman–Crippen MR) is 109 cm³/mol. The van der Waals surface area contributed by atoms with Gasteiger partial charge >= 0.3 is 0 Å². The molecule has 27 heavy (non-hydrogen) atoms. The largest absolute Gasteiger partial charge is 0.358 e. The molecule has 0 aliphatic carbocycles. The second-order valence-corrected chi connectivity index (χ2v) is 8.42. The molecule has 0 spiro atoms.